The summed E-state index contributed by atoms with van der Waals surface area (Å²) in [5.41, 5.74) is 1.65. The first-order valence-electron chi connectivity index (χ1n) is 8.32. The predicted octanol–water partition coefficient (Wildman–Crippen LogP) is 2.98. The third kappa shape index (κ3) is 6.48. The lowest BCUT2D eigenvalue weighted by atomic mass is 10.1. The number of hydrazine groups is 1. The molecule has 0 amide bonds. The fourth-order valence-corrected chi connectivity index (χ4v) is 2.01. The van der Waals surface area contributed by atoms with Crippen LogP contribution < -0.4 is 10.7 Å². The van der Waals surface area contributed by atoms with E-state index in [4.69, 9.17) is 14.4 Å². The Hall–Kier alpha value is -1.10. The monoisotopic (exact) mass is 405 g/mol. The highest BCUT2D eigenvalue weighted by atomic mass is 19.4. The highest BCUT2D eigenvalue weighted by Gasteiger charge is 2.43. The molecule has 1 saturated heterocycles. The van der Waals surface area contributed by atoms with Crippen molar-refractivity contribution in [1.29, 1.82) is 0 Å². The molecule has 0 radical (unpaired) electrons. The first-order valence-corrected chi connectivity index (χ1v) is 8.32. The smallest absolute Gasteiger partial charge is 0.295 e. The van der Waals surface area contributed by atoms with Crippen LogP contribution in [0.3, 0.4) is 0 Å². The van der Waals surface area contributed by atoms with Crippen LogP contribution >= 0.6 is 0 Å². The van der Waals surface area contributed by atoms with Gasteiger partial charge >= 0.3 is 12.4 Å². The maximum Gasteiger partial charge on any atom is 0.405 e. The summed E-state index contributed by atoms with van der Waals surface area (Å²) >= 11 is 0. The number of nitrogens with zero attached hydrogens (tertiary/aromatic N) is 1. The van der Waals surface area contributed by atoms with Gasteiger partial charge in [-0.25, -0.2) is 9.68 Å². The third-order valence-electron chi connectivity index (χ3n) is 4.28. The standard InChI is InChI=1S/C15H21F6N3O3/c1-4-13(7-8-13)6-5-11-25-12(22-9(2)14(16,17)18)27-24(26-11)23-10(3)15(19,20)21/h9-12,22-23H,4,7-8H2,1-3H3/t9-,10-,11?,12?/m1/s1. The van der Waals surface area contributed by atoms with E-state index in [1.54, 1.807) is 0 Å². The molecule has 2 unspecified atom stereocenters. The lowest BCUT2D eigenvalue weighted by molar-refractivity contribution is -0.537. The summed E-state index contributed by atoms with van der Waals surface area (Å²) in [5, 5.41) is 2.21. The van der Waals surface area contributed by atoms with Crippen molar-refractivity contribution in [2.75, 3.05) is 0 Å². The van der Waals surface area contributed by atoms with Crippen molar-refractivity contribution in [1.82, 2.24) is 16.1 Å². The molecule has 0 spiro atoms. The van der Waals surface area contributed by atoms with E-state index in [2.05, 4.69) is 11.8 Å². The summed E-state index contributed by atoms with van der Waals surface area (Å²) < 4.78 is 81.4. The molecule has 1 saturated carbocycles. The molecule has 0 aromatic heterocycles. The number of halogens is 6. The molecule has 2 N–H and O–H groups in total. The average Bonchev–Trinajstić information content (AvgIpc) is 3.31. The Kier molecular flexibility index (Phi) is 6.66. The van der Waals surface area contributed by atoms with Gasteiger partial charge in [0.1, 0.15) is 12.1 Å². The Morgan fingerprint density at radius 2 is 1.67 bits per heavy atom. The minimum Gasteiger partial charge on any atom is -0.295 e. The van der Waals surface area contributed by atoms with Gasteiger partial charge in [-0.15, -0.1) is 0 Å². The van der Waals surface area contributed by atoms with E-state index >= 15 is 0 Å². The van der Waals surface area contributed by atoms with Gasteiger partial charge in [0.2, 0.25) is 12.7 Å². The van der Waals surface area contributed by atoms with Crippen LogP contribution in [0.25, 0.3) is 0 Å². The molecule has 1 heterocycles. The molecular formula is C15H21F6N3O3. The minimum absolute atomic E-state index is 0.204. The first kappa shape index (κ1) is 22.2. The molecule has 0 aromatic carbocycles. The lowest BCUT2D eigenvalue weighted by Gasteiger charge is -2.37. The molecule has 1 aliphatic carbocycles. The zero-order chi connectivity index (χ0) is 20.5. The van der Waals surface area contributed by atoms with Crippen molar-refractivity contribution in [3.8, 4) is 11.8 Å². The second kappa shape index (κ2) is 8.10. The van der Waals surface area contributed by atoms with Gasteiger partial charge < -0.3 is 0 Å². The van der Waals surface area contributed by atoms with Gasteiger partial charge in [0.15, 0.2) is 0 Å². The zero-order valence-electron chi connectivity index (χ0n) is 14.9. The van der Waals surface area contributed by atoms with Crippen molar-refractivity contribution in [3.63, 3.8) is 0 Å². The van der Waals surface area contributed by atoms with Gasteiger partial charge in [0, 0.05) is 10.8 Å². The summed E-state index contributed by atoms with van der Waals surface area (Å²) in [7, 11) is 0. The average molecular weight is 405 g/mol. The summed E-state index contributed by atoms with van der Waals surface area (Å²) in [6, 6.07) is -4.13. The van der Waals surface area contributed by atoms with Crippen molar-refractivity contribution in [3.05, 3.63) is 0 Å². The second-order valence-electron chi connectivity index (χ2n) is 6.49. The van der Waals surface area contributed by atoms with Gasteiger partial charge in [0.05, 0.1) is 0 Å². The van der Waals surface area contributed by atoms with E-state index in [0.29, 0.717) is 0 Å². The van der Waals surface area contributed by atoms with Gasteiger partial charge in [-0.2, -0.15) is 31.8 Å². The van der Waals surface area contributed by atoms with Crippen LogP contribution in [0.4, 0.5) is 26.3 Å². The topological polar surface area (TPSA) is 55.0 Å². The number of hydrogen-bond acceptors (Lipinski definition) is 6. The minimum atomic E-state index is -4.63. The zero-order valence-corrected chi connectivity index (χ0v) is 14.9. The predicted molar refractivity (Wildman–Crippen MR) is 79.7 cm³/mol. The maximum atomic E-state index is 12.7. The van der Waals surface area contributed by atoms with E-state index in [1.807, 2.05) is 17.7 Å². The van der Waals surface area contributed by atoms with Crippen LogP contribution in [0, 0.1) is 17.3 Å². The van der Waals surface area contributed by atoms with Gasteiger partial charge in [-0.3, -0.25) is 10.1 Å². The number of rotatable bonds is 5. The van der Waals surface area contributed by atoms with Crippen LogP contribution in [0.15, 0.2) is 0 Å². The number of ether oxygens (including phenoxy) is 1. The van der Waals surface area contributed by atoms with Crippen LogP contribution in [0.2, 0.25) is 0 Å². The van der Waals surface area contributed by atoms with Crippen molar-refractivity contribution in [2.24, 2.45) is 5.41 Å². The fourth-order valence-electron chi connectivity index (χ4n) is 2.01. The van der Waals surface area contributed by atoms with Gasteiger partial charge in [-0.1, -0.05) is 12.8 Å². The van der Waals surface area contributed by atoms with E-state index < -0.39 is 37.1 Å². The first-order chi connectivity index (χ1) is 12.3. The second-order valence-corrected chi connectivity index (χ2v) is 6.49. The number of alkyl halides is 6. The van der Waals surface area contributed by atoms with Crippen LogP contribution in [0.5, 0.6) is 0 Å². The lowest BCUT2D eigenvalue weighted by Crippen LogP contribution is -2.60. The summed E-state index contributed by atoms with van der Waals surface area (Å²) in [6.07, 6.45) is -9.88. The summed E-state index contributed by atoms with van der Waals surface area (Å²) in [4.78, 5) is 9.82. The Morgan fingerprint density at radius 3 is 2.15 bits per heavy atom. The quantitative estimate of drug-likeness (QED) is 0.542. The van der Waals surface area contributed by atoms with E-state index in [0.717, 1.165) is 33.1 Å². The molecule has 4 atom stereocenters. The summed E-state index contributed by atoms with van der Waals surface area (Å²) in [5.74, 6) is 5.52. The van der Waals surface area contributed by atoms with Crippen LogP contribution in [-0.2, 0) is 14.4 Å². The fraction of sp³-hybridized carbons (Fsp3) is 0.867. The maximum absolute atomic E-state index is 12.7. The molecule has 0 bridgehead atoms. The van der Waals surface area contributed by atoms with Gasteiger partial charge in [-0.05, 0) is 39.0 Å². The molecule has 156 valence electrons. The number of nitrogens with one attached hydrogen (secondary N) is 2. The Balaban J connectivity index is 2.07. The highest BCUT2D eigenvalue weighted by molar-refractivity contribution is 5.20. The van der Waals surface area contributed by atoms with Crippen molar-refractivity contribution in [2.45, 2.75) is 77.2 Å². The Labute approximate surface area is 152 Å². The molecule has 6 nitrogen and oxygen atoms in total. The largest absolute Gasteiger partial charge is 0.405 e. The molecule has 2 aliphatic rings. The normalized spacial score (nSPS) is 28.2. The Morgan fingerprint density at radius 1 is 1.07 bits per heavy atom. The SMILES string of the molecule is CCC1(C#CC2OC(N[C@H](C)C(F)(F)F)ON(N[C@H](C)C(F)(F)F)O2)CC1. The van der Waals surface area contributed by atoms with Crippen molar-refractivity contribution < 1.29 is 40.8 Å². The molecule has 12 heteroatoms. The van der Waals surface area contributed by atoms with Crippen LogP contribution in [-0.4, -0.2) is 42.5 Å². The van der Waals surface area contributed by atoms with Gasteiger partial charge in [0.25, 0.3) is 0 Å². The molecule has 2 fully saturated rings. The van der Waals surface area contributed by atoms with E-state index in [-0.39, 0.29) is 10.8 Å². The molecular weight excluding hydrogens is 384 g/mol. The number of hydrogen-bond donors (Lipinski definition) is 2. The van der Waals surface area contributed by atoms with Crippen molar-refractivity contribution >= 4 is 0 Å². The molecule has 27 heavy (non-hydrogen) atoms. The third-order valence-corrected chi connectivity index (χ3v) is 4.28. The molecule has 1 aliphatic heterocycles. The molecule has 2 rings (SSSR count). The molecule has 0 aromatic rings. The van der Waals surface area contributed by atoms with Crippen LogP contribution in [0.1, 0.15) is 40.0 Å². The van der Waals surface area contributed by atoms with E-state index in [1.165, 1.54) is 0 Å². The highest BCUT2D eigenvalue weighted by Crippen LogP contribution is 2.47. The summed E-state index contributed by atoms with van der Waals surface area (Å²) in [6.45, 7) is 3.54. The Bertz CT molecular complexity index is 540. The van der Waals surface area contributed by atoms with E-state index in [9.17, 15) is 26.3 Å².